The second kappa shape index (κ2) is 6.02. The Labute approximate surface area is 127 Å². The number of nitrogens with one attached hydrogen (secondary N) is 1. The molecule has 3 nitrogen and oxygen atoms in total. The molecular weight excluding hydrogens is 286 g/mol. The van der Waals surface area contributed by atoms with Gasteiger partial charge in [0.25, 0.3) is 5.91 Å². The first-order chi connectivity index (χ1) is 10.3. The van der Waals surface area contributed by atoms with Gasteiger partial charge in [-0.15, -0.1) is 11.6 Å². The molecule has 0 bridgehead atoms. The van der Waals surface area contributed by atoms with Crippen molar-refractivity contribution in [1.29, 1.82) is 0 Å². The van der Waals surface area contributed by atoms with E-state index >= 15 is 0 Å². The van der Waals surface area contributed by atoms with Crippen LogP contribution in [0, 0.1) is 0 Å². The highest BCUT2D eigenvalue weighted by atomic mass is 35.5. The summed E-state index contributed by atoms with van der Waals surface area (Å²) in [7, 11) is 0. The van der Waals surface area contributed by atoms with Crippen LogP contribution in [-0.2, 0) is 12.4 Å². The standard InChI is InChI=1S/C17H14ClNO2/c18-10-12-4-3-5-13(8-12)11-19-17(20)16-9-14-6-1-2-7-15(14)21-16/h1-9H,10-11H2,(H,19,20). The molecule has 0 aliphatic rings. The second-order valence-corrected chi connectivity index (χ2v) is 5.05. The zero-order chi connectivity index (χ0) is 14.7. The summed E-state index contributed by atoms with van der Waals surface area (Å²) in [4.78, 5) is 12.1. The molecular formula is C17H14ClNO2. The van der Waals surface area contributed by atoms with Crippen LogP contribution in [0.1, 0.15) is 21.7 Å². The van der Waals surface area contributed by atoms with Crippen LogP contribution in [0.2, 0.25) is 0 Å². The summed E-state index contributed by atoms with van der Waals surface area (Å²) in [5.41, 5.74) is 2.76. The molecule has 0 aliphatic heterocycles. The number of carbonyl (C=O) groups excluding carboxylic acids is 1. The van der Waals surface area contributed by atoms with Gasteiger partial charge in [-0.2, -0.15) is 0 Å². The summed E-state index contributed by atoms with van der Waals surface area (Å²) < 4.78 is 5.53. The average molecular weight is 300 g/mol. The minimum Gasteiger partial charge on any atom is -0.451 e. The van der Waals surface area contributed by atoms with Crippen LogP contribution >= 0.6 is 11.6 Å². The number of furan rings is 1. The lowest BCUT2D eigenvalue weighted by Crippen LogP contribution is -2.22. The van der Waals surface area contributed by atoms with E-state index in [0.29, 0.717) is 23.8 Å². The number of halogens is 1. The smallest absolute Gasteiger partial charge is 0.287 e. The van der Waals surface area contributed by atoms with Gasteiger partial charge in [-0.25, -0.2) is 0 Å². The summed E-state index contributed by atoms with van der Waals surface area (Å²) in [5, 5.41) is 3.77. The third kappa shape index (κ3) is 3.09. The van der Waals surface area contributed by atoms with Gasteiger partial charge >= 0.3 is 0 Å². The summed E-state index contributed by atoms with van der Waals surface area (Å²) in [6.07, 6.45) is 0. The Morgan fingerprint density at radius 2 is 1.86 bits per heavy atom. The lowest BCUT2D eigenvalue weighted by molar-refractivity contribution is 0.0925. The first-order valence-corrected chi connectivity index (χ1v) is 7.20. The highest BCUT2D eigenvalue weighted by Crippen LogP contribution is 2.18. The minimum atomic E-state index is -0.220. The molecule has 0 saturated carbocycles. The van der Waals surface area contributed by atoms with Crippen LogP contribution in [-0.4, -0.2) is 5.91 Å². The van der Waals surface area contributed by atoms with Crippen LogP contribution in [0.15, 0.2) is 59.0 Å². The third-order valence-electron chi connectivity index (χ3n) is 3.25. The Kier molecular flexibility index (Phi) is 3.93. The minimum absolute atomic E-state index is 0.220. The number of rotatable bonds is 4. The highest BCUT2D eigenvalue weighted by molar-refractivity contribution is 6.17. The first-order valence-electron chi connectivity index (χ1n) is 6.67. The maximum absolute atomic E-state index is 12.1. The van der Waals surface area contributed by atoms with Crippen molar-refractivity contribution in [2.45, 2.75) is 12.4 Å². The van der Waals surface area contributed by atoms with Crippen molar-refractivity contribution in [3.63, 3.8) is 0 Å². The number of para-hydroxylation sites is 1. The van der Waals surface area contributed by atoms with Gasteiger partial charge in [-0.1, -0.05) is 42.5 Å². The maximum Gasteiger partial charge on any atom is 0.287 e. The van der Waals surface area contributed by atoms with E-state index in [1.807, 2.05) is 48.5 Å². The predicted octanol–water partition coefficient (Wildman–Crippen LogP) is 4.10. The SMILES string of the molecule is O=C(NCc1cccc(CCl)c1)c1cc2ccccc2o1. The van der Waals surface area contributed by atoms with Crippen molar-refractivity contribution in [2.75, 3.05) is 0 Å². The van der Waals surface area contributed by atoms with Gasteiger partial charge in [0.2, 0.25) is 0 Å². The molecule has 3 rings (SSSR count). The number of hydrogen-bond acceptors (Lipinski definition) is 2. The fourth-order valence-corrected chi connectivity index (χ4v) is 2.35. The number of hydrogen-bond donors (Lipinski definition) is 1. The average Bonchev–Trinajstić information content (AvgIpc) is 2.97. The molecule has 21 heavy (non-hydrogen) atoms. The molecule has 1 aromatic heterocycles. The number of benzene rings is 2. The van der Waals surface area contributed by atoms with Crippen LogP contribution < -0.4 is 5.32 Å². The fraction of sp³-hybridized carbons (Fsp3) is 0.118. The normalized spacial score (nSPS) is 10.7. The Hall–Kier alpha value is -2.26. The summed E-state index contributed by atoms with van der Waals surface area (Å²) in [6, 6.07) is 17.1. The van der Waals surface area contributed by atoms with E-state index in [-0.39, 0.29) is 5.91 Å². The topological polar surface area (TPSA) is 42.2 Å². The van der Waals surface area contributed by atoms with E-state index in [9.17, 15) is 4.79 Å². The molecule has 0 saturated heterocycles. The number of amides is 1. The Morgan fingerprint density at radius 1 is 1.05 bits per heavy atom. The molecule has 0 fully saturated rings. The monoisotopic (exact) mass is 299 g/mol. The summed E-state index contributed by atoms with van der Waals surface area (Å²) in [5.74, 6) is 0.568. The molecule has 106 valence electrons. The van der Waals surface area contributed by atoms with E-state index in [1.165, 1.54) is 0 Å². The molecule has 3 aromatic rings. The van der Waals surface area contributed by atoms with Gasteiger partial charge in [-0.3, -0.25) is 4.79 Å². The predicted molar refractivity (Wildman–Crippen MR) is 83.4 cm³/mol. The van der Waals surface area contributed by atoms with E-state index in [1.54, 1.807) is 6.07 Å². The van der Waals surface area contributed by atoms with Crippen molar-refractivity contribution in [3.05, 3.63) is 71.5 Å². The molecule has 0 atom stereocenters. The van der Waals surface area contributed by atoms with Gasteiger partial charge in [0.05, 0.1) is 0 Å². The van der Waals surface area contributed by atoms with Crippen LogP contribution in [0.5, 0.6) is 0 Å². The molecule has 0 aliphatic carbocycles. The zero-order valence-electron chi connectivity index (χ0n) is 11.3. The number of alkyl halides is 1. The maximum atomic E-state index is 12.1. The fourth-order valence-electron chi connectivity index (χ4n) is 2.19. The zero-order valence-corrected chi connectivity index (χ0v) is 12.1. The van der Waals surface area contributed by atoms with Crippen molar-refractivity contribution >= 4 is 28.5 Å². The lowest BCUT2D eigenvalue weighted by Gasteiger charge is -2.04. The lowest BCUT2D eigenvalue weighted by atomic mass is 10.1. The van der Waals surface area contributed by atoms with Crippen LogP contribution in [0.3, 0.4) is 0 Å². The summed E-state index contributed by atoms with van der Waals surface area (Å²) >= 11 is 5.80. The second-order valence-electron chi connectivity index (χ2n) is 4.78. The Morgan fingerprint density at radius 3 is 2.67 bits per heavy atom. The largest absolute Gasteiger partial charge is 0.451 e. The molecule has 1 heterocycles. The molecule has 0 unspecified atom stereocenters. The third-order valence-corrected chi connectivity index (χ3v) is 3.56. The summed E-state index contributed by atoms with van der Waals surface area (Å²) in [6.45, 7) is 0.445. The van der Waals surface area contributed by atoms with Crippen molar-refractivity contribution < 1.29 is 9.21 Å². The number of carbonyl (C=O) groups is 1. The quantitative estimate of drug-likeness (QED) is 0.737. The van der Waals surface area contributed by atoms with E-state index in [2.05, 4.69) is 5.32 Å². The molecule has 4 heteroatoms. The van der Waals surface area contributed by atoms with Gasteiger partial charge < -0.3 is 9.73 Å². The Balaban J connectivity index is 1.71. The van der Waals surface area contributed by atoms with Gasteiger partial charge in [-0.05, 0) is 23.3 Å². The van der Waals surface area contributed by atoms with Crippen molar-refractivity contribution in [1.82, 2.24) is 5.32 Å². The molecule has 1 amide bonds. The van der Waals surface area contributed by atoms with Crippen LogP contribution in [0.25, 0.3) is 11.0 Å². The van der Waals surface area contributed by atoms with Crippen molar-refractivity contribution in [3.8, 4) is 0 Å². The van der Waals surface area contributed by atoms with Gasteiger partial charge in [0.15, 0.2) is 5.76 Å². The highest BCUT2D eigenvalue weighted by Gasteiger charge is 2.11. The molecule has 0 radical (unpaired) electrons. The van der Waals surface area contributed by atoms with E-state index in [4.69, 9.17) is 16.0 Å². The Bertz CT molecular complexity index is 746. The first kappa shape index (κ1) is 13.7. The van der Waals surface area contributed by atoms with E-state index < -0.39 is 0 Å². The van der Waals surface area contributed by atoms with E-state index in [0.717, 1.165) is 16.5 Å². The molecule has 2 aromatic carbocycles. The molecule has 0 spiro atoms. The van der Waals surface area contributed by atoms with Gasteiger partial charge in [0, 0.05) is 17.8 Å². The number of fused-ring (bicyclic) bond motifs is 1. The van der Waals surface area contributed by atoms with Crippen LogP contribution in [0.4, 0.5) is 0 Å². The van der Waals surface area contributed by atoms with Gasteiger partial charge in [0.1, 0.15) is 5.58 Å². The van der Waals surface area contributed by atoms with Crippen molar-refractivity contribution in [2.24, 2.45) is 0 Å². The molecule has 1 N–H and O–H groups in total.